The standard InChI is InChI=1S/C25H25FNO2/c1-13-9-16-10-15(12-25(3,4)5)11-18-20(16)19(14(13)2)22-24(29-18)21(26)23-17(27(22)6)7-8-28-23/h7-11H,12H2,1-6H3/q+1. The molecular formula is C25H25FNO2+. The summed E-state index contributed by atoms with van der Waals surface area (Å²) in [7, 11) is 1.94. The maximum Gasteiger partial charge on any atom is 0.260 e. The minimum absolute atomic E-state index is 0.146. The molecule has 0 saturated carbocycles. The van der Waals surface area contributed by atoms with E-state index in [9.17, 15) is 0 Å². The fourth-order valence-electron chi connectivity index (χ4n) is 4.59. The molecule has 0 unspecified atom stereocenters. The number of furan rings is 1. The van der Waals surface area contributed by atoms with Gasteiger partial charge >= 0.3 is 0 Å². The Labute approximate surface area is 169 Å². The van der Waals surface area contributed by atoms with Gasteiger partial charge in [-0.1, -0.05) is 32.9 Å². The normalized spacial score (nSPS) is 13.1. The topological polar surface area (TPSA) is 26.2 Å². The molecule has 0 amide bonds. The number of pyridine rings is 1. The van der Waals surface area contributed by atoms with E-state index >= 15 is 4.39 Å². The number of hydrogen-bond acceptors (Lipinski definition) is 2. The maximum absolute atomic E-state index is 15.4. The van der Waals surface area contributed by atoms with Gasteiger partial charge in [-0.25, -0.2) is 0 Å². The Morgan fingerprint density at radius 2 is 1.86 bits per heavy atom. The summed E-state index contributed by atoms with van der Waals surface area (Å²) >= 11 is 0. The zero-order chi connectivity index (χ0) is 20.7. The Kier molecular flexibility index (Phi) is 3.64. The van der Waals surface area contributed by atoms with Crippen molar-refractivity contribution in [3.63, 3.8) is 0 Å². The van der Waals surface area contributed by atoms with E-state index in [2.05, 4.69) is 52.8 Å². The highest BCUT2D eigenvalue weighted by atomic mass is 19.1. The summed E-state index contributed by atoms with van der Waals surface area (Å²) in [5.74, 6) is 0.515. The Morgan fingerprint density at radius 3 is 2.59 bits per heavy atom. The first-order valence-electron chi connectivity index (χ1n) is 9.99. The van der Waals surface area contributed by atoms with Gasteiger partial charge in [0.25, 0.3) is 11.2 Å². The SMILES string of the molecule is Cc1cc2cc(CC(C)(C)C)cc3c2c(c1C)-c1c(c(F)c2occc2[n+]1C)O3. The molecule has 0 bridgehead atoms. The summed E-state index contributed by atoms with van der Waals surface area (Å²) in [6.45, 7) is 10.9. The van der Waals surface area contributed by atoms with E-state index in [1.54, 1.807) is 6.07 Å². The molecule has 3 heterocycles. The van der Waals surface area contributed by atoms with E-state index in [1.165, 1.54) is 17.4 Å². The quantitative estimate of drug-likeness (QED) is 0.304. The lowest BCUT2D eigenvalue weighted by molar-refractivity contribution is -0.634. The lowest BCUT2D eigenvalue weighted by Gasteiger charge is -2.24. The van der Waals surface area contributed by atoms with Gasteiger partial charge in [0, 0.05) is 11.5 Å². The van der Waals surface area contributed by atoms with Crippen LogP contribution in [0.15, 0.2) is 34.9 Å². The van der Waals surface area contributed by atoms with Crippen molar-refractivity contribution in [1.82, 2.24) is 0 Å². The van der Waals surface area contributed by atoms with Gasteiger partial charge in [0.15, 0.2) is 0 Å². The van der Waals surface area contributed by atoms with E-state index in [0.717, 1.165) is 39.8 Å². The van der Waals surface area contributed by atoms with Crippen molar-refractivity contribution >= 4 is 21.9 Å². The van der Waals surface area contributed by atoms with Gasteiger partial charge in [0.05, 0.1) is 11.8 Å². The molecule has 0 atom stereocenters. The molecule has 1 aliphatic rings. The number of ether oxygens (including phenoxy) is 1. The highest BCUT2D eigenvalue weighted by Gasteiger charge is 2.36. The molecule has 0 aliphatic carbocycles. The molecule has 1 aliphatic heterocycles. The number of fused-ring (bicyclic) bond motifs is 3. The van der Waals surface area contributed by atoms with E-state index in [1.807, 2.05) is 11.6 Å². The van der Waals surface area contributed by atoms with Gasteiger partial charge in [-0.3, -0.25) is 0 Å². The first-order valence-corrected chi connectivity index (χ1v) is 9.99. The summed E-state index contributed by atoms with van der Waals surface area (Å²) in [5, 5.41) is 2.19. The van der Waals surface area contributed by atoms with Crippen molar-refractivity contribution in [3.05, 3.63) is 53.0 Å². The third kappa shape index (κ3) is 2.58. The second-order valence-corrected chi connectivity index (χ2v) is 9.41. The minimum atomic E-state index is -0.445. The van der Waals surface area contributed by atoms with Gasteiger partial charge < -0.3 is 9.15 Å². The van der Waals surface area contributed by atoms with Crippen LogP contribution in [0.25, 0.3) is 33.1 Å². The Bertz CT molecular complexity index is 1330. The van der Waals surface area contributed by atoms with Crippen LogP contribution in [0.3, 0.4) is 0 Å². The molecule has 29 heavy (non-hydrogen) atoms. The Hall–Kier alpha value is -2.88. The predicted octanol–water partition coefficient (Wildman–Crippen LogP) is 6.53. The Morgan fingerprint density at radius 1 is 1.10 bits per heavy atom. The zero-order valence-corrected chi connectivity index (χ0v) is 17.7. The summed E-state index contributed by atoms with van der Waals surface area (Å²) in [5.41, 5.74) is 6.42. The molecule has 0 radical (unpaired) electrons. The highest BCUT2D eigenvalue weighted by Crippen LogP contribution is 2.49. The van der Waals surface area contributed by atoms with Crippen LogP contribution in [0.5, 0.6) is 11.5 Å². The second kappa shape index (κ2) is 5.82. The molecule has 0 saturated heterocycles. The molecule has 2 aromatic carbocycles. The van der Waals surface area contributed by atoms with Crippen LogP contribution < -0.4 is 9.30 Å². The zero-order valence-electron chi connectivity index (χ0n) is 17.7. The number of aromatic nitrogens is 1. The predicted molar refractivity (Wildman–Crippen MR) is 113 cm³/mol. The number of nitrogens with zero attached hydrogens (tertiary/aromatic N) is 1. The minimum Gasteiger partial charge on any atom is -0.455 e. The smallest absolute Gasteiger partial charge is 0.260 e. The maximum atomic E-state index is 15.4. The van der Waals surface area contributed by atoms with Crippen molar-refractivity contribution in [3.8, 4) is 22.8 Å². The summed E-state index contributed by atoms with van der Waals surface area (Å²) in [4.78, 5) is 0. The molecular weight excluding hydrogens is 365 g/mol. The van der Waals surface area contributed by atoms with Gasteiger partial charge in [-0.2, -0.15) is 8.96 Å². The van der Waals surface area contributed by atoms with Gasteiger partial charge in [0.2, 0.25) is 17.1 Å². The van der Waals surface area contributed by atoms with Crippen LogP contribution in [0.2, 0.25) is 0 Å². The monoisotopic (exact) mass is 390 g/mol. The van der Waals surface area contributed by atoms with Crippen LogP contribution in [0.1, 0.15) is 37.5 Å². The van der Waals surface area contributed by atoms with E-state index < -0.39 is 5.82 Å². The van der Waals surface area contributed by atoms with Crippen LogP contribution >= 0.6 is 0 Å². The van der Waals surface area contributed by atoms with Crippen LogP contribution in [-0.4, -0.2) is 0 Å². The number of benzene rings is 2. The third-order valence-electron chi connectivity index (χ3n) is 5.92. The average Bonchev–Trinajstić information content (AvgIpc) is 3.12. The summed E-state index contributed by atoms with van der Waals surface area (Å²) in [6, 6.07) is 8.33. The first kappa shape index (κ1) is 18.2. The molecule has 2 aromatic heterocycles. The Balaban J connectivity index is 1.92. The fourth-order valence-corrected chi connectivity index (χ4v) is 4.59. The number of hydrogen-bond donors (Lipinski definition) is 0. The van der Waals surface area contributed by atoms with E-state index in [-0.39, 0.29) is 16.7 Å². The highest BCUT2D eigenvalue weighted by molar-refractivity contribution is 6.05. The molecule has 0 fully saturated rings. The van der Waals surface area contributed by atoms with Gasteiger partial charge in [-0.05, 0) is 53.8 Å². The number of rotatable bonds is 1. The second-order valence-electron chi connectivity index (χ2n) is 9.41. The largest absolute Gasteiger partial charge is 0.455 e. The average molecular weight is 390 g/mol. The van der Waals surface area contributed by atoms with Crippen molar-refractivity contribution in [1.29, 1.82) is 0 Å². The number of halogens is 1. The summed E-state index contributed by atoms with van der Waals surface area (Å²) in [6.07, 6.45) is 2.44. The lowest BCUT2D eigenvalue weighted by Crippen LogP contribution is -2.34. The molecule has 148 valence electrons. The molecule has 4 heteroatoms. The van der Waals surface area contributed by atoms with Gasteiger partial charge in [-0.15, -0.1) is 0 Å². The lowest BCUT2D eigenvalue weighted by atomic mass is 9.85. The van der Waals surface area contributed by atoms with Crippen LogP contribution in [0, 0.1) is 25.1 Å². The molecule has 3 nitrogen and oxygen atoms in total. The van der Waals surface area contributed by atoms with E-state index in [0.29, 0.717) is 5.52 Å². The van der Waals surface area contributed by atoms with Crippen molar-refractivity contribution in [2.75, 3.05) is 0 Å². The molecule has 5 rings (SSSR count). The first-order chi connectivity index (χ1) is 13.7. The van der Waals surface area contributed by atoms with E-state index in [4.69, 9.17) is 9.15 Å². The van der Waals surface area contributed by atoms with Crippen LogP contribution in [0.4, 0.5) is 4.39 Å². The molecule has 4 aromatic rings. The van der Waals surface area contributed by atoms with Crippen molar-refractivity contribution in [2.45, 2.75) is 41.0 Å². The van der Waals surface area contributed by atoms with Crippen molar-refractivity contribution < 1.29 is 18.1 Å². The van der Waals surface area contributed by atoms with Crippen LogP contribution in [-0.2, 0) is 13.5 Å². The van der Waals surface area contributed by atoms with Crippen molar-refractivity contribution in [2.24, 2.45) is 12.5 Å². The fraction of sp³-hybridized carbons (Fsp3) is 0.320. The molecule has 0 spiro atoms. The van der Waals surface area contributed by atoms with Gasteiger partial charge in [0.1, 0.15) is 12.8 Å². The summed E-state index contributed by atoms with van der Waals surface area (Å²) < 4.78 is 29.0. The molecule has 0 N–H and O–H groups in total. The third-order valence-corrected chi connectivity index (χ3v) is 5.92. The number of aryl methyl sites for hydroxylation is 2.